The molecule has 0 N–H and O–H groups in total. The second-order valence-corrected chi connectivity index (χ2v) is 10.2. The highest BCUT2D eigenvalue weighted by Crippen LogP contribution is 2.65. The average Bonchev–Trinajstić information content (AvgIpc) is 3.08. The maximum absolute atomic E-state index is 12.0. The third kappa shape index (κ3) is 2.79. The lowest BCUT2D eigenvalue weighted by molar-refractivity contribution is -0.110. The molecule has 0 spiro atoms. The van der Waals surface area contributed by atoms with Gasteiger partial charge in [0.05, 0.1) is 0 Å². The van der Waals surface area contributed by atoms with Gasteiger partial charge in [-0.25, -0.2) is 0 Å². The van der Waals surface area contributed by atoms with E-state index >= 15 is 0 Å². The predicted octanol–water partition coefficient (Wildman–Crippen LogP) is 5.75. The van der Waals surface area contributed by atoms with Crippen LogP contribution in [0.4, 0.5) is 5.69 Å². The van der Waals surface area contributed by atoms with E-state index in [0.29, 0.717) is 23.2 Å². The summed E-state index contributed by atoms with van der Waals surface area (Å²) in [4.78, 5) is 14.2. The van der Waals surface area contributed by atoms with Crippen LogP contribution in [0.2, 0.25) is 0 Å². The minimum absolute atomic E-state index is 0.193. The molecule has 6 atom stereocenters. The minimum Gasteiger partial charge on any atom is -0.378 e. The van der Waals surface area contributed by atoms with Gasteiger partial charge in [-0.15, -0.1) is 0 Å². The molecule has 1 aromatic carbocycles. The van der Waals surface area contributed by atoms with Crippen molar-refractivity contribution in [2.24, 2.45) is 29.1 Å². The zero-order valence-electron chi connectivity index (χ0n) is 17.5. The zero-order chi connectivity index (χ0) is 19.5. The summed E-state index contributed by atoms with van der Waals surface area (Å²) in [5.74, 6) is 3.61. The fourth-order valence-corrected chi connectivity index (χ4v) is 7.32. The van der Waals surface area contributed by atoms with Gasteiger partial charge in [0.2, 0.25) is 0 Å². The number of rotatable bonds is 2. The van der Waals surface area contributed by atoms with Crippen molar-refractivity contribution < 1.29 is 4.79 Å². The van der Waals surface area contributed by atoms with Crippen LogP contribution in [0.3, 0.4) is 0 Å². The standard InChI is InChI=1S/C26H33NO/c1-26-14-4-5-24(26)22-12-8-18-15-20(28)11-13-21(18)25(22)23(16-26)17-6-9-19(10-7-17)27(2)3/h6-7,9-11,13,15,21-25H,4-5,8,12,14,16H2,1-3H3/t21-,22-,23+,24-,25+,26-/m0/s1. The molecule has 0 unspecified atom stereocenters. The number of fused-ring (bicyclic) bond motifs is 5. The lowest BCUT2D eigenvalue weighted by Crippen LogP contribution is -2.47. The molecule has 0 saturated heterocycles. The van der Waals surface area contributed by atoms with Crippen molar-refractivity contribution in [2.75, 3.05) is 19.0 Å². The summed E-state index contributed by atoms with van der Waals surface area (Å²) < 4.78 is 0. The predicted molar refractivity (Wildman–Crippen MR) is 116 cm³/mol. The average molecular weight is 376 g/mol. The van der Waals surface area contributed by atoms with Crippen LogP contribution in [0.1, 0.15) is 56.9 Å². The summed E-state index contributed by atoms with van der Waals surface area (Å²) in [6.45, 7) is 2.58. The van der Waals surface area contributed by atoms with Gasteiger partial charge in [0, 0.05) is 25.7 Å². The first kappa shape index (κ1) is 18.2. The van der Waals surface area contributed by atoms with Crippen molar-refractivity contribution in [3.05, 3.63) is 53.6 Å². The second kappa shape index (κ2) is 6.61. The topological polar surface area (TPSA) is 20.3 Å². The summed E-state index contributed by atoms with van der Waals surface area (Å²) in [5.41, 5.74) is 4.69. The van der Waals surface area contributed by atoms with Gasteiger partial charge >= 0.3 is 0 Å². The molecule has 4 aliphatic carbocycles. The number of hydrogen-bond acceptors (Lipinski definition) is 2. The third-order valence-corrected chi connectivity index (χ3v) is 8.56. The van der Waals surface area contributed by atoms with Crippen molar-refractivity contribution in [1.82, 2.24) is 0 Å². The molecular formula is C26H33NO. The molecular weight excluding hydrogens is 342 g/mol. The molecule has 148 valence electrons. The van der Waals surface area contributed by atoms with E-state index in [4.69, 9.17) is 0 Å². The first-order valence-corrected chi connectivity index (χ1v) is 11.2. The van der Waals surface area contributed by atoms with E-state index in [1.165, 1.54) is 48.9 Å². The van der Waals surface area contributed by atoms with Gasteiger partial charge in [-0.1, -0.05) is 37.1 Å². The van der Waals surface area contributed by atoms with Crippen molar-refractivity contribution in [1.29, 1.82) is 0 Å². The molecule has 2 heteroatoms. The summed E-state index contributed by atoms with van der Waals surface area (Å²) in [5, 5.41) is 0. The van der Waals surface area contributed by atoms with Crippen LogP contribution in [-0.2, 0) is 4.79 Å². The normalized spacial score (nSPS) is 39.0. The van der Waals surface area contributed by atoms with Crippen LogP contribution in [0.25, 0.3) is 0 Å². The first-order valence-electron chi connectivity index (χ1n) is 11.2. The summed E-state index contributed by atoms with van der Waals surface area (Å²) >= 11 is 0. The van der Waals surface area contributed by atoms with Gasteiger partial charge in [0.15, 0.2) is 5.78 Å². The highest BCUT2D eigenvalue weighted by molar-refractivity contribution is 6.00. The van der Waals surface area contributed by atoms with E-state index in [1.807, 2.05) is 12.2 Å². The molecule has 28 heavy (non-hydrogen) atoms. The van der Waals surface area contributed by atoms with E-state index in [1.54, 1.807) is 0 Å². The molecule has 1 aromatic rings. The molecule has 0 aliphatic heterocycles. The SMILES string of the molecule is CN(C)c1ccc([C@H]2C[C@]3(C)CCC[C@H]3[C@@H]3CCC4=CC(=O)C=C[C@@H]4[C@H]32)cc1. The first-order chi connectivity index (χ1) is 13.5. The van der Waals surface area contributed by atoms with Crippen molar-refractivity contribution in [2.45, 2.75) is 51.4 Å². The van der Waals surface area contributed by atoms with Gasteiger partial charge < -0.3 is 4.90 Å². The number of carbonyl (C=O) groups is 1. The van der Waals surface area contributed by atoms with Crippen LogP contribution in [0.15, 0.2) is 48.1 Å². The second-order valence-electron chi connectivity index (χ2n) is 10.2. The van der Waals surface area contributed by atoms with Gasteiger partial charge in [0.25, 0.3) is 0 Å². The Labute approximate surface area is 169 Å². The summed E-state index contributed by atoms with van der Waals surface area (Å²) in [7, 11) is 4.22. The Morgan fingerprint density at radius 2 is 1.89 bits per heavy atom. The third-order valence-electron chi connectivity index (χ3n) is 8.56. The fraction of sp³-hybridized carbons (Fsp3) is 0.577. The molecule has 4 aliphatic rings. The van der Waals surface area contributed by atoms with Crippen LogP contribution in [0.5, 0.6) is 0 Å². The Bertz CT molecular complexity index is 832. The quantitative estimate of drug-likeness (QED) is 0.655. The van der Waals surface area contributed by atoms with Crippen molar-refractivity contribution in [3.63, 3.8) is 0 Å². The number of allylic oxidation sites excluding steroid dienone is 4. The number of hydrogen-bond donors (Lipinski definition) is 0. The van der Waals surface area contributed by atoms with Crippen LogP contribution in [0, 0.1) is 29.1 Å². The van der Waals surface area contributed by atoms with E-state index < -0.39 is 0 Å². The minimum atomic E-state index is 0.193. The molecule has 0 radical (unpaired) electrons. The monoisotopic (exact) mass is 375 g/mol. The molecule has 0 bridgehead atoms. The smallest absolute Gasteiger partial charge is 0.178 e. The summed E-state index contributed by atoms with van der Waals surface area (Å²) in [6, 6.07) is 9.33. The number of carbonyl (C=O) groups excluding carboxylic acids is 1. The van der Waals surface area contributed by atoms with Gasteiger partial charge in [-0.05, 0) is 91.0 Å². The van der Waals surface area contributed by atoms with Crippen LogP contribution >= 0.6 is 0 Å². The Hall–Kier alpha value is -1.83. The largest absolute Gasteiger partial charge is 0.378 e. The van der Waals surface area contributed by atoms with E-state index in [2.05, 4.69) is 56.3 Å². The highest BCUT2D eigenvalue weighted by atomic mass is 16.1. The van der Waals surface area contributed by atoms with Gasteiger partial charge in [-0.3, -0.25) is 4.79 Å². The highest BCUT2D eigenvalue weighted by Gasteiger charge is 2.55. The molecule has 0 aromatic heterocycles. The summed E-state index contributed by atoms with van der Waals surface area (Å²) in [6.07, 6.45) is 14.0. The van der Waals surface area contributed by atoms with Crippen molar-refractivity contribution >= 4 is 11.5 Å². The van der Waals surface area contributed by atoms with Gasteiger partial charge in [0.1, 0.15) is 0 Å². The fourth-order valence-electron chi connectivity index (χ4n) is 7.32. The number of anilines is 1. The molecule has 0 amide bonds. The Balaban J connectivity index is 1.56. The lowest BCUT2D eigenvalue weighted by atomic mass is 9.49. The van der Waals surface area contributed by atoms with E-state index in [-0.39, 0.29) is 5.78 Å². The Morgan fingerprint density at radius 3 is 2.64 bits per heavy atom. The molecule has 5 rings (SSSR count). The van der Waals surface area contributed by atoms with Gasteiger partial charge in [-0.2, -0.15) is 0 Å². The van der Waals surface area contributed by atoms with Crippen LogP contribution < -0.4 is 4.90 Å². The molecule has 2 nitrogen and oxygen atoms in total. The maximum Gasteiger partial charge on any atom is 0.178 e. The lowest BCUT2D eigenvalue weighted by Gasteiger charge is -2.55. The van der Waals surface area contributed by atoms with Crippen molar-refractivity contribution in [3.8, 4) is 0 Å². The molecule has 0 heterocycles. The van der Waals surface area contributed by atoms with Crippen LogP contribution in [-0.4, -0.2) is 19.9 Å². The Morgan fingerprint density at radius 1 is 1.11 bits per heavy atom. The Kier molecular flexibility index (Phi) is 4.30. The number of ketones is 1. The van der Waals surface area contributed by atoms with E-state index in [0.717, 1.165) is 18.3 Å². The number of nitrogens with zero attached hydrogens (tertiary/aromatic N) is 1. The molecule has 3 fully saturated rings. The maximum atomic E-state index is 12.0. The zero-order valence-corrected chi connectivity index (χ0v) is 17.5. The molecule has 3 saturated carbocycles. The van der Waals surface area contributed by atoms with E-state index in [9.17, 15) is 4.79 Å². The number of benzene rings is 1.